The van der Waals surface area contributed by atoms with E-state index in [1.165, 1.54) is 0 Å². The van der Waals surface area contributed by atoms with Crippen molar-refractivity contribution >= 4 is 51.5 Å². The maximum absolute atomic E-state index is 12.3. The highest BCUT2D eigenvalue weighted by Gasteiger charge is 2.19. The van der Waals surface area contributed by atoms with Crippen LogP contribution in [0.2, 0.25) is 5.02 Å². The first kappa shape index (κ1) is 19.7. The highest BCUT2D eigenvalue weighted by Crippen LogP contribution is 2.25. The Kier molecular flexibility index (Phi) is 6.78. The number of benzene rings is 1. The summed E-state index contributed by atoms with van der Waals surface area (Å²) in [6.07, 6.45) is 4.21. The first-order chi connectivity index (χ1) is 11.6. The number of aryl methyl sites for hydroxylation is 1. The Morgan fingerprint density at radius 3 is 2.92 bits per heavy atom. The van der Waals surface area contributed by atoms with Crippen molar-refractivity contribution in [1.82, 2.24) is 25.4 Å². The van der Waals surface area contributed by atoms with Crippen LogP contribution in [-0.2, 0) is 18.3 Å². The molecule has 1 amide bonds. The summed E-state index contributed by atoms with van der Waals surface area (Å²) in [5.41, 5.74) is 1.74. The fourth-order valence-electron chi connectivity index (χ4n) is 2.49. The second kappa shape index (κ2) is 8.62. The summed E-state index contributed by atoms with van der Waals surface area (Å²) in [7, 11) is 3.59. The molecule has 0 saturated carbocycles. The Balaban J connectivity index is 0.00000225. The Hall–Kier alpha value is -1.67. The van der Waals surface area contributed by atoms with E-state index in [2.05, 4.69) is 20.7 Å². The standard InChI is InChI=1S/C16H18ClN5OS.ClH/c1-18-15(10-8-20-22(2)9-10)16(23)19-6-5-14-21-12-7-11(17)3-4-13(12)24-14;/h3-4,7-9,15,18H,5-6H2,1-2H3,(H,19,23);1H. The molecule has 3 rings (SSSR count). The van der Waals surface area contributed by atoms with Gasteiger partial charge in [0.2, 0.25) is 5.91 Å². The van der Waals surface area contributed by atoms with Gasteiger partial charge in [-0.25, -0.2) is 4.98 Å². The molecule has 0 bridgehead atoms. The number of likely N-dealkylation sites (N-methyl/N-ethyl adjacent to an activating group) is 1. The van der Waals surface area contributed by atoms with Gasteiger partial charge >= 0.3 is 0 Å². The lowest BCUT2D eigenvalue weighted by Gasteiger charge is -2.14. The van der Waals surface area contributed by atoms with Crippen LogP contribution >= 0.6 is 35.3 Å². The molecule has 134 valence electrons. The smallest absolute Gasteiger partial charge is 0.241 e. The first-order valence-electron chi connectivity index (χ1n) is 7.55. The van der Waals surface area contributed by atoms with Gasteiger partial charge in [0.15, 0.2) is 0 Å². The van der Waals surface area contributed by atoms with Crippen molar-refractivity contribution in [2.75, 3.05) is 13.6 Å². The van der Waals surface area contributed by atoms with Crippen LogP contribution in [0.3, 0.4) is 0 Å². The molecule has 0 radical (unpaired) electrons. The topological polar surface area (TPSA) is 71.8 Å². The molecule has 2 aromatic heterocycles. The highest BCUT2D eigenvalue weighted by molar-refractivity contribution is 7.18. The van der Waals surface area contributed by atoms with E-state index in [1.807, 2.05) is 31.4 Å². The molecule has 0 aliphatic carbocycles. The number of aromatic nitrogens is 3. The summed E-state index contributed by atoms with van der Waals surface area (Å²) in [5.74, 6) is -0.0744. The van der Waals surface area contributed by atoms with E-state index in [4.69, 9.17) is 11.6 Å². The van der Waals surface area contributed by atoms with Crippen LogP contribution in [0.4, 0.5) is 0 Å². The molecule has 1 atom stereocenters. The molecule has 0 spiro atoms. The van der Waals surface area contributed by atoms with E-state index in [1.54, 1.807) is 29.3 Å². The number of fused-ring (bicyclic) bond motifs is 1. The van der Waals surface area contributed by atoms with Crippen LogP contribution in [0.1, 0.15) is 16.6 Å². The number of carbonyl (C=O) groups excluding carboxylic acids is 1. The molecule has 0 saturated heterocycles. The second-order valence-corrected chi connectivity index (χ2v) is 6.98. The van der Waals surface area contributed by atoms with Crippen molar-refractivity contribution in [3.63, 3.8) is 0 Å². The third-order valence-corrected chi connectivity index (χ3v) is 4.97. The number of nitrogens with one attached hydrogen (secondary N) is 2. The molecular formula is C16H19Cl2N5OS. The van der Waals surface area contributed by atoms with Gasteiger partial charge in [-0.15, -0.1) is 23.7 Å². The number of nitrogens with zero attached hydrogens (tertiary/aromatic N) is 3. The minimum Gasteiger partial charge on any atom is -0.354 e. The van der Waals surface area contributed by atoms with Crippen molar-refractivity contribution in [1.29, 1.82) is 0 Å². The van der Waals surface area contributed by atoms with Gasteiger partial charge in [0.1, 0.15) is 6.04 Å². The Morgan fingerprint density at radius 2 is 2.24 bits per heavy atom. The summed E-state index contributed by atoms with van der Waals surface area (Å²) in [6.45, 7) is 0.533. The number of carbonyl (C=O) groups is 1. The largest absolute Gasteiger partial charge is 0.354 e. The lowest BCUT2D eigenvalue weighted by Crippen LogP contribution is -2.36. The molecule has 2 heterocycles. The molecule has 1 aromatic carbocycles. The molecule has 0 fully saturated rings. The number of hydrogen-bond acceptors (Lipinski definition) is 5. The van der Waals surface area contributed by atoms with Gasteiger partial charge in [0, 0.05) is 36.8 Å². The number of hydrogen-bond donors (Lipinski definition) is 2. The Morgan fingerprint density at radius 1 is 1.44 bits per heavy atom. The third-order valence-electron chi connectivity index (χ3n) is 3.64. The van der Waals surface area contributed by atoms with Gasteiger partial charge in [-0.3, -0.25) is 9.48 Å². The Labute approximate surface area is 161 Å². The van der Waals surface area contributed by atoms with E-state index in [0.717, 1.165) is 20.8 Å². The third kappa shape index (κ3) is 4.70. The van der Waals surface area contributed by atoms with E-state index < -0.39 is 6.04 Å². The van der Waals surface area contributed by atoms with E-state index in [0.29, 0.717) is 18.0 Å². The van der Waals surface area contributed by atoms with Crippen molar-refractivity contribution in [2.24, 2.45) is 7.05 Å². The van der Waals surface area contributed by atoms with Gasteiger partial charge in [0.25, 0.3) is 0 Å². The average Bonchev–Trinajstić information content (AvgIpc) is 3.13. The fourth-order valence-corrected chi connectivity index (χ4v) is 3.60. The van der Waals surface area contributed by atoms with Gasteiger partial charge in [0.05, 0.1) is 21.4 Å². The van der Waals surface area contributed by atoms with Gasteiger partial charge < -0.3 is 10.6 Å². The molecule has 6 nitrogen and oxygen atoms in total. The number of halogens is 2. The minimum absolute atomic E-state index is 0. The van der Waals surface area contributed by atoms with Gasteiger partial charge in [-0.05, 0) is 25.2 Å². The van der Waals surface area contributed by atoms with Crippen LogP contribution in [0.15, 0.2) is 30.6 Å². The van der Waals surface area contributed by atoms with E-state index in [9.17, 15) is 4.79 Å². The SMILES string of the molecule is CNC(C(=O)NCCc1nc2cc(Cl)ccc2s1)c1cnn(C)c1.Cl. The minimum atomic E-state index is -0.409. The average molecular weight is 400 g/mol. The molecule has 1 unspecified atom stereocenters. The fraction of sp³-hybridized carbons (Fsp3) is 0.312. The molecule has 9 heteroatoms. The molecule has 0 aliphatic heterocycles. The van der Waals surface area contributed by atoms with Crippen LogP contribution in [0, 0.1) is 0 Å². The number of amides is 1. The molecular weight excluding hydrogens is 381 g/mol. The van der Waals surface area contributed by atoms with Crippen LogP contribution in [0.25, 0.3) is 10.2 Å². The molecule has 2 N–H and O–H groups in total. The number of rotatable bonds is 6. The predicted octanol–water partition coefficient (Wildman–Crippen LogP) is 2.72. The van der Waals surface area contributed by atoms with Crippen LogP contribution in [0.5, 0.6) is 0 Å². The van der Waals surface area contributed by atoms with Crippen molar-refractivity contribution < 1.29 is 4.79 Å². The van der Waals surface area contributed by atoms with Gasteiger partial charge in [-0.1, -0.05) is 11.6 Å². The second-order valence-electron chi connectivity index (χ2n) is 5.43. The monoisotopic (exact) mass is 399 g/mol. The maximum atomic E-state index is 12.3. The van der Waals surface area contributed by atoms with Gasteiger partial charge in [-0.2, -0.15) is 5.10 Å². The highest BCUT2D eigenvalue weighted by atomic mass is 35.5. The zero-order valence-corrected chi connectivity index (χ0v) is 16.2. The normalized spacial score (nSPS) is 12.0. The summed E-state index contributed by atoms with van der Waals surface area (Å²) < 4.78 is 2.78. The van der Waals surface area contributed by atoms with Crippen LogP contribution in [-0.4, -0.2) is 34.3 Å². The Bertz CT molecular complexity index is 863. The van der Waals surface area contributed by atoms with Crippen molar-refractivity contribution in [2.45, 2.75) is 12.5 Å². The molecule has 25 heavy (non-hydrogen) atoms. The summed E-state index contributed by atoms with van der Waals surface area (Å²) in [4.78, 5) is 16.9. The van der Waals surface area contributed by atoms with E-state index >= 15 is 0 Å². The maximum Gasteiger partial charge on any atom is 0.241 e. The van der Waals surface area contributed by atoms with Crippen molar-refractivity contribution in [3.8, 4) is 0 Å². The summed E-state index contributed by atoms with van der Waals surface area (Å²) in [6, 6.07) is 5.28. The summed E-state index contributed by atoms with van der Waals surface area (Å²) >= 11 is 7.60. The predicted molar refractivity (Wildman–Crippen MR) is 104 cm³/mol. The lowest BCUT2D eigenvalue weighted by molar-refractivity contribution is -0.123. The lowest BCUT2D eigenvalue weighted by atomic mass is 10.1. The van der Waals surface area contributed by atoms with Crippen molar-refractivity contribution in [3.05, 3.63) is 46.2 Å². The zero-order valence-electron chi connectivity index (χ0n) is 13.8. The van der Waals surface area contributed by atoms with E-state index in [-0.39, 0.29) is 18.3 Å². The quantitative estimate of drug-likeness (QED) is 0.668. The first-order valence-corrected chi connectivity index (χ1v) is 8.75. The summed E-state index contributed by atoms with van der Waals surface area (Å²) in [5, 5.41) is 11.7. The molecule has 3 aromatic rings. The number of thiazole rings is 1. The zero-order chi connectivity index (χ0) is 17.1. The van der Waals surface area contributed by atoms with Crippen LogP contribution < -0.4 is 10.6 Å². The molecule has 0 aliphatic rings.